The summed E-state index contributed by atoms with van der Waals surface area (Å²) in [7, 11) is 0. The van der Waals surface area contributed by atoms with E-state index < -0.39 is 6.04 Å². The Hall–Kier alpha value is -1.89. The maximum atomic E-state index is 13.0. The Kier molecular flexibility index (Phi) is 6.52. The number of fused-ring (bicyclic) bond motifs is 1. The van der Waals surface area contributed by atoms with Crippen LogP contribution in [-0.4, -0.2) is 40.7 Å². The molecule has 1 aromatic carbocycles. The quantitative estimate of drug-likeness (QED) is 0.725. The number of amides is 3. The lowest BCUT2D eigenvalue weighted by Crippen LogP contribution is -2.50. The third-order valence-corrected chi connectivity index (χ3v) is 6.11. The average Bonchev–Trinajstić information content (AvgIpc) is 2.93. The molecule has 1 aliphatic carbocycles. The number of carbonyl (C=O) groups is 3. The van der Waals surface area contributed by atoms with Crippen molar-refractivity contribution in [3.05, 3.63) is 35.6 Å². The van der Waals surface area contributed by atoms with Crippen LogP contribution in [0.25, 0.3) is 0 Å². The summed E-state index contributed by atoms with van der Waals surface area (Å²) in [5.74, 6) is -0.866. The van der Waals surface area contributed by atoms with Gasteiger partial charge in [-0.2, -0.15) is 11.8 Å². The average molecular weight is 392 g/mol. The predicted molar refractivity (Wildman–Crippen MR) is 102 cm³/mol. The number of hydrogen-bond donors (Lipinski definition) is 1. The zero-order chi connectivity index (χ0) is 19.4. The van der Waals surface area contributed by atoms with Crippen LogP contribution in [0, 0.1) is 17.7 Å². The van der Waals surface area contributed by atoms with E-state index in [9.17, 15) is 18.8 Å². The number of halogens is 1. The molecule has 146 valence electrons. The van der Waals surface area contributed by atoms with E-state index in [1.165, 1.54) is 17.0 Å². The van der Waals surface area contributed by atoms with E-state index >= 15 is 0 Å². The molecule has 7 heteroatoms. The van der Waals surface area contributed by atoms with Crippen molar-refractivity contribution in [1.29, 1.82) is 0 Å². The fourth-order valence-electron chi connectivity index (χ4n) is 4.01. The fourth-order valence-corrected chi connectivity index (χ4v) is 4.47. The summed E-state index contributed by atoms with van der Waals surface area (Å²) >= 11 is 1.58. The predicted octanol–water partition coefficient (Wildman–Crippen LogP) is 2.74. The number of carbonyl (C=O) groups excluding carboxylic acids is 3. The molecule has 5 nitrogen and oxygen atoms in total. The molecule has 3 amide bonds. The summed E-state index contributed by atoms with van der Waals surface area (Å²) in [6.07, 6.45) is 5.76. The molecule has 27 heavy (non-hydrogen) atoms. The lowest BCUT2D eigenvalue weighted by atomic mass is 9.81. The van der Waals surface area contributed by atoms with Gasteiger partial charge in [0.05, 0.1) is 11.8 Å². The molecule has 1 N–H and O–H groups in total. The third kappa shape index (κ3) is 4.34. The van der Waals surface area contributed by atoms with Crippen molar-refractivity contribution in [3.63, 3.8) is 0 Å². The second kappa shape index (κ2) is 8.87. The summed E-state index contributed by atoms with van der Waals surface area (Å²) in [5, 5.41) is 2.81. The molecule has 2 fully saturated rings. The summed E-state index contributed by atoms with van der Waals surface area (Å²) in [6.45, 7) is 0.234. The van der Waals surface area contributed by atoms with Gasteiger partial charge in [-0.05, 0) is 49.0 Å². The molecule has 1 saturated heterocycles. The molecule has 3 atom stereocenters. The van der Waals surface area contributed by atoms with Crippen LogP contribution in [-0.2, 0) is 20.9 Å². The topological polar surface area (TPSA) is 66.5 Å². The van der Waals surface area contributed by atoms with Gasteiger partial charge in [0.2, 0.25) is 17.7 Å². The highest BCUT2D eigenvalue weighted by Crippen LogP contribution is 2.39. The molecule has 0 radical (unpaired) electrons. The van der Waals surface area contributed by atoms with Crippen LogP contribution in [0.1, 0.15) is 37.7 Å². The molecule has 1 saturated carbocycles. The second-order valence-electron chi connectivity index (χ2n) is 7.19. The highest BCUT2D eigenvalue weighted by Gasteiger charge is 2.51. The standard InChI is InChI=1S/C20H25FN2O3S/c1-27-11-10-17(18(24)22-12-13-6-8-14(21)9-7-13)23-19(25)15-4-2-3-5-16(15)20(23)26/h6-9,15-17H,2-5,10-12H2,1H3,(H,22,24)/t15-,16+,17-/m0/s1. The number of hydrogen-bond acceptors (Lipinski definition) is 4. The van der Waals surface area contributed by atoms with Gasteiger partial charge in [0.25, 0.3) is 0 Å². The van der Waals surface area contributed by atoms with Gasteiger partial charge in [-0.1, -0.05) is 25.0 Å². The van der Waals surface area contributed by atoms with Gasteiger partial charge < -0.3 is 5.32 Å². The molecule has 1 aromatic rings. The van der Waals surface area contributed by atoms with Crippen molar-refractivity contribution in [3.8, 4) is 0 Å². The van der Waals surface area contributed by atoms with Crippen molar-refractivity contribution < 1.29 is 18.8 Å². The highest BCUT2D eigenvalue weighted by molar-refractivity contribution is 7.98. The van der Waals surface area contributed by atoms with Crippen LogP contribution >= 0.6 is 11.8 Å². The Morgan fingerprint density at radius 1 is 1.19 bits per heavy atom. The smallest absolute Gasteiger partial charge is 0.243 e. The van der Waals surface area contributed by atoms with E-state index in [0.717, 1.165) is 31.2 Å². The number of imide groups is 1. The van der Waals surface area contributed by atoms with Crippen LogP contribution in [0.5, 0.6) is 0 Å². The minimum Gasteiger partial charge on any atom is -0.350 e. The maximum absolute atomic E-state index is 13.0. The van der Waals surface area contributed by atoms with E-state index in [4.69, 9.17) is 0 Å². The van der Waals surface area contributed by atoms with Crippen molar-refractivity contribution in [2.75, 3.05) is 12.0 Å². The maximum Gasteiger partial charge on any atom is 0.243 e. The normalized spacial score (nSPS) is 23.3. The van der Waals surface area contributed by atoms with Gasteiger partial charge in [-0.15, -0.1) is 0 Å². The molecule has 0 aromatic heterocycles. The van der Waals surface area contributed by atoms with Crippen LogP contribution < -0.4 is 5.32 Å². The van der Waals surface area contributed by atoms with E-state index in [-0.39, 0.29) is 41.9 Å². The SMILES string of the molecule is CSCC[C@@H](C(=O)NCc1ccc(F)cc1)N1C(=O)[C@H]2CCCC[C@H]2C1=O. The molecule has 0 bridgehead atoms. The van der Waals surface area contributed by atoms with Gasteiger partial charge in [0, 0.05) is 6.54 Å². The van der Waals surface area contributed by atoms with Gasteiger partial charge in [-0.25, -0.2) is 4.39 Å². The first-order chi connectivity index (χ1) is 13.0. The van der Waals surface area contributed by atoms with Crippen molar-refractivity contribution in [2.45, 2.75) is 44.7 Å². The Labute approximate surface area is 163 Å². The van der Waals surface area contributed by atoms with Gasteiger partial charge in [0.1, 0.15) is 11.9 Å². The summed E-state index contributed by atoms with van der Waals surface area (Å²) in [5.41, 5.74) is 0.765. The van der Waals surface area contributed by atoms with Gasteiger partial charge in [-0.3, -0.25) is 19.3 Å². The van der Waals surface area contributed by atoms with Gasteiger partial charge >= 0.3 is 0 Å². The molecular formula is C20H25FN2O3S. The number of likely N-dealkylation sites (tertiary alicyclic amines) is 1. The molecule has 2 aliphatic rings. The molecule has 0 spiro atoms. The van der Waals surface area contributed by atoms with Crippen molar-refractivity contribution in [2.24, 2.45) is 11.8 Å². The zero-order valence-corrected chi connectivity index (χ0v) is 16.3. The third-order valence-electron chi connectivity index (χ3n) is 5.46. The lowest BCUT2D eigenvalue weighted by Gasteiger charge is -2.26. The first kappa shape index (κ1) is 19.9. The summed E-state index contributed by atoms with van der Waals surface area (Å²) in [4.78, 5) is 39.8. The van der Waals surface area contributed by atoms with Crippen LogP contribution in [0.15, 0.2) is 24.3 Å². The Morgan fingerprint density at radius 2 is 1.78 bits per heavy atom. The minimum absolute atomic E-state index is 0.187. The van der Waals surface area contributed by atoms with Crippen LogP contribution in [0.4, 0.5) is 4.39 Å². The fraction of sp³-hybridized carbons (Fsp3) is 0.550. The van der Waals surface area contributed by atoms with Crippen LogP contribution in [0.2, 0.25) is 0 Å². The molecule has 0 unspecified atom stereocenters. The molecule has 1 heterocycles. The number of nitrogens with one attached hydrogen (secondary N) is 1. The van der Waals surface area contributed by atoms with Crippen LogP contribution in [0.3, 0.4) is 0 Å². The Bertz CT molecular complexity index is 686. The number of thioether (sulfide) groups is 1. The first-order valence-corrected chi connectivity index (χ1v) is 10.8. The molecular weight excluding hydrogens is 367 g/mol. The van der Waals surface area contributed by atoms with E-state index in [2.05, 4.69) is 5.32 Å². The summed E-state index contributed by atoms with van der Waals surface area (Å²) < 4.78 is 13.0. The van der Waals surface area contributed by atoms with E-state index in [1.54, 1.807) is 23.9 Å². The number of benzene rings is 1. The minimum atomic E-state index is -0.775. The summed E-state index contributed by atoms with van der Waals surface area (Å²) in [6, 6.07) is 5.11. The number of rotatable bonds is 7. The largest absolute Gasteiger partial charge is 0.350 e. The van der Waals surface area contributed by atoms with E-state index in [1.807, 2.05) is 6.26 Å². The lowest BCUT2D eigenvalue weighted by molar-refractivity contribution is -0.148. The number of nitrogens with zero attached hydrogens (tertiary/aromatic N) is 1. The Morgan fingerprint density at radius 3 is 2.33 bits per heavy atom. The van der Waals surface area contributed by atoms with Crippen molar-refractivity contribution in [1.82, 2.24) is 10.2 Å². The van der Waals surface area contributed by atoms with Gasteiger partial charge in [0.15, 0.2) is 0 Å². The van der Waals surface area contributed by atoms with E-state index in [0.29, 0.717) is 12.2 Å². The monoisotopic (exact) mass is 392 g/mol. The second-order valence-corrected chi connectivity index (χ2v) is 8.17. The van der Waals surface area contributed by atoms with Crippen molar-refractivity contribution >= 4 is 29.5 Å². The first-order valence-electron chi connectivity index (χ1n) is 9.41. The highest BCUT2D eigenvalue weighted by atomic mass is 32.2. The Balaban J connectivity index is 1.72. The zero-order valence-electron chi connectivity index (χ0n) is 15.4. The molecule has 3 rings (SSSR count). The molecule has 1 aliphatic heterocycles.